The molecule has 0 aliphatic carbocycles. The lowest BCUT2D eigenvalue weighted by Gasteiger charge is -1.67. The molecule has 2 radical (unpaired) electrons. The molecule has 0 fully saturated rings. The predicted molar refractivity (Wildman–Crippen MR) is 20.5 cm³/mol. The molecule has 0 bridgehead atoms. The molecule has 0 aromatic heterocycles. The third kappa shape index (κ3) is 4.68. The largest absolute Gasteiger partial charge is 0.379 e. The first-order valence-corrected chi connectivity index (χ1v) is 1.73. The number of carbonyl (C=O) groups is 2. The first-order valence-electron chi connectivity index (χ1n) is 1.73. The summed E-state index contributed by atoms with van der Waals surface area (Å²) in [6.45, 7) is 0. The Morgan fingerprint density at radius 2 is 1.12 bits per heavy atom. The first-order chi connectivity index (χ1) is 3.63. The zero-order valence-corrected chi connectivity index (χ0v) is 3.79. The Morgan fingerprint density at radius 1 is 0.875 bits per heavy atom. The van der Waals surface area contributed by atoms with E-state index in [-0.39, 0.29) is 0 Å². The Kier molecular flexibility index (Phi) is 2.33. The van der Waals surface area contributed by atoms with Crippen LogP contribution in [0.15, 0.2) is 12.2 Å². The highest BCUT2D eigenvalue weighted by molar-refractivity contribution is 5.89. The lowest BCUT2D eigenvalue weighted by molar-refractivity contribution is -0.140. The minimum atomic E-state index is -1.55. The van der Waals surface area contributed by atoms with Crippen LogP contribution in [0.3, 0.4) is 0 Å². The van der Waals surface area contributed by atoms with Gasteiger partial charge in [-0.05, 0) is 0 Å². The average Bonchev–Trinajstić information content (AvgIpc) is 1.61. The van der Waals surface area contributed by atoms with Crippen molar-refractivity contribution in [3.8, 4) is 0 Å². The molecule has 0 rings (SSSR count). The van der Waals surface area contributed by atoms with E-state index in [9.17, 15) is 19.8 Å². The maximum Gasteiger partial charge on any atom is 0.379 e. The predicted octanol–water partition coefficient (Wildman–Crippen LogP) is -0.543. The fourth-order valence-corrected chi connectivity index (χ4v) is 0.136. The molecule has 4 nitrogen and oxygen atoms in total. The zero-order valence-electron chi connectivity index (χ0n) is 3.79. The number of carbonyl (C=O) groups excluding carboxylic acids is 2. The van der Waals surface area contributed by atoms with Gasteiger partial charge in [0, 0.05) is 12.2 Å². The van der Waals surface area contributed by atoms with Crippen LogP contribution in [-0.2, 0) is 19.8 Å². The zero-order chi connectivity index (χ0) is 6.57. The van der Waals surface area contributed by atoms with Crippen LogP contribution < -0.4 is 0 Å². The Balaban J connectivity index is 3.67. The average molecular weight is 114 g/mol. The summed E-state index contributed by atoms with van der Waals surface area (Å²) in [6, 6.07) is 0. The Hall–Kier alpha value is -1.32. The molecular weight excluding hydrogens is 112 g/mol. The van der Waals surface area contributed by atoms with Gasteiger partial charge in [-0.15, -0.1) is 0 Å². The summed E-state index contributed by atoms with van der Waals surface area (Å²) in [4.78, 5) is 18.8. The Bertz CT molecular complexity index is 119. The molecule has 0 aliphatic rings. The van der Waals surface area contributed by atoms with Gasteiger partial charge in [-0.3, -0.25) is 0 Å². The van der Waals surface area contributed by atoms with Crippen LogP contribution in [-0.4, -0.2) is 11.9 Å². The molecule has 0 aromatic carbocycles. The molecule has 0 saturated heterocycles. The van der Waals surface area contributed by atoms with Crippen molar-refractivity contribution in [2.75, 3.05) is 0 Å². The molecule has 0 unspecified atom stereocenters. The van der Waals surface area contributed by atoms with Crippen molar-refractivity contribution >= 4 is 11.9 Å². The minimum absolute atomic E-state index is 0.384. The van der Waals surface area contributed by atoms with Crippen molar-refractivity contribution in [2.45, 2.75) is 0 Å². The summed E-state index contributed by atoms with van der Waals surface area (Å²) >= 11 is 0. The topological polar surface area (TPSA) is 73.9 Å². The number of hydrogen-bond donors (Lipinski definition) is 0. The van der Waals surface area contributed by atoms with E-state index in [0.717, 1.165) is 0 Å². The first kappa shape index (κ1) is 6.68. The van der Waals surface area contributed by atoms with Crippen molar-refractivity contribution in [3.63, 3.8) is 0 Å². The summed E-state index contributed by atoms with van der Waals surface area (Å²) in [5.74, 6) is -3.09. The van der Waals surface area contributed by atoms with E-state index in [1.165, 1.54) is 0 Å². The van der Waals surface area contributed by atoms with Gasteiger partial charge < -0.3 is 0 Å². The lowest BCUT2D eigenvalue weighted by Crippen LogP contribution is -1.88. The molecule has 0 spiro atoms. The van der Waals surface area contributed by atoms with Crippen molar-refractivity contribution in [3.05, 3.63) is 12.2 Å². The number of rotatable bonds is 2. The van der Waals surface area contributed by atoms with Gasteiger partial charge in [-0.1, -0.05) is 0 Å². The summed E-state index contributed by atoms with van der Waals surface area (Å²) in [5, 5.41) is 18.8. The van der Waals surface area contributed by atoms with Gasteiger partial charge in [0.2, 0.25) is 0 Å². The summed E-state index contributed by atoms with van der Waals surface area (Å²) in [5.41, 5.74) is 0. The van der Waals surface area contributed by atoms with Crippen molar-refractivity contribution < 1.29 is 19.8 Å². The fourth-order valence-electron chi connectivity index (χ4n) is 0.136. The molecule has 0 amide bonds. The van der Waals surface area contributed by atoms with E-state index >= 15 is 0 Å². The Labute approximate surface area is 45.1 Å². The second-order valence-corrected chi connectivity index (χ2v) is 0.971. The van der Waals surface area contributed by atoms with Crippen LogP contribution in [0.2, 0.25) is 0 Å². The monoisotopic (exact) mass is 114 g/mol. The highest BCUT2D eigenvalue weighted by atomic mass is 16.4. The molecule has 0 atom stereocenters. The molecule has 0 heterocycles. The van der Waals surface area contributed by atoms with Crippen molar-refractivity contribution in [2.24, 2.45) is 0 Å². The summed E-state index contributed by atoms with van der Waals surface area (Å²) in [6.07, 6.45) is 0.769. The van der Waals surface area contributed by atoms with Crippen LogP contribution in [0.25, 0.3) is 0 Å². The molecule has 0 aliphatic heterocycles. The highest BCUT2D eigenvalue weighted by Gasteiger charge is 1.92. The van der Waals surface area contributed by atoms with E-state index < -0.39 is 11.9 Å². The summed E-state index contributed by atoms with van der Waals surface area (Å²) in [7, 11) is 0. The van der Waals surface area contributed by atoms with E-state index in [1.807, 2.05) is 0 Å². The molecule has 42 valence electrons. The van der Waals surface area contributed by atoms with Gasteiger partial charge in [-0.25, -0.2) is 19.8 Å². The van der Waals surface area contributed by atoms with Gasteiger partial charge in [0.05, 0.1) is 0 Å². The number of hydrogen-bond acceptors (Lipinski definition) is 2. The van der Waals surface area contributed by atoms with E-state index in [4.69, 9.17) is 0 Å². The quantitative estimate of drug-likeness (QED) is 0.452. The second-order valence-electron chi connectivity index (χ2n) is 0.971. The fraction of sp³-hybridized carbons (Fsp3) is 0. The maximum absolute atomic E-state index is 9.41. The van der Waals surface area contributed by atoms with Gasteiger partial charge >= 0.3 is 11.9 Å². The standard InChI is InChI=1S/C4H2O4/c5-3(6)1-2-4(7)8/h1-2H. The Morgan fingerprint density at radius 3 is 1.25 bits per heavy atom. The van der Waals surface area contributed by atoms with Gasteiger partial charge in [0.25, 0.3) is 0 Å². The van der Waals surface area contributed by atoms with Crippen molar-refractivity contribution in [1.82, 2.24) is 0 Å². The third-order valence-corrected chi connectivity index (χ3v) is 0.355. The van der Waals surface area contributed by atoms with E-state index in [1.54, 1.807) is 0 Å². The molecule has 0 aromatic rings. The van der Waals surface area contributed by atoms with Gasteiger partial charge in [-0.2, -0.15) is 0 Å². The van der Waals surface area contributed by atoms with E-state index in [0.29, 0.717) is 12.2 Å². The van der Waals surface area contributed by atoms with Gasteiger partial charge in [0.15, 0.2) is 0 Å². The molecule has 0 saturated carbocycles. The van der Waals surface area contributed by atoms with Crippen LogP contribution >= 0.6 is 0 Å². The normalized spacial score (nSPS) is 9.50. The smallest absolute Gasteiger partial charge is 0.242 e. The molecule has 8 heavy (non-hydrogen) atoms. The summed E-state index contributed by atoms with van der Waals surface area (Å²) < 4.78 is 0. The second kappa shape index (κ2) is 2.79. The SMILES string of the molecule is [O]C(=O)C=CC([O])=O. The molecule has 0 N–H and O–H groups in total. The van der Waals surface area contributed by atoms with Crippen molar-refractivity contribution in [1.29, 1.82) is 0 Å². The van der Waals surface area contributed by atoms with Crippen LogP contribution in [0.1, 0.15) is 0 Å². The minimum Gasteiger partial charge on any atom is -0.242 e. The molecular formula is C4H2O4. The van der Waals surface area contributed by atoms with Crippen LogP contribution in [0, 0.1) is 0 Å². The maximum atomic E-state index is 9.41. The lowest BCUT2D eigenvalue weighted by atomic mass is 10.5. The van der Waals surface area contributed by atoms with Crippen LogP contribution in [0.5, 0.6) is 0 Å². The molecule has 4 heteroatoms. The van der Waals surface area contributed by atoms with E-state index in [2.05, 4.69) is 0 Å². The van der Waals surface area contributed by atoms with Crippen LogP contribution in [0.4, 0.5) is 0 Å². The van der Waals surface area contributed by atoms with Gasteiger partial charge in [0.1, 0.15) is 0 Å². The highest BCUT2D eigenvalue weighted by Crippen LogP contribution is 1.72. The third-order valence-electron chi connectivity index (χ3n) is 0.355.